The van der Waals surface area contributed by atoms with Crippen molar-refractivity contribution in [2.45, 2.75) is 13.8 Å². The quantitative estimate of drug-likeness (QED) is 0.344. The van der Waals surface area contributed by atoms with Gasteiger partial charge in [0.25, 0.3) is 5.91 Å². The van der Waals surface area contributed by atoms with Gasteiger partial charge in [-0.1, -0.05) is 0 Å². The first kappa shape index (κ1) is 20.2. The third-order valence-electron chi connectivity index (χ3n) is 2.89. The van der Waals surface area contributed by atoms with Gasteiger partial charge in [0.05, 0.1) is 19.8 Å². The molecule has 1 rings (SSSR count). The second kappa shape index (κ2) is 10.9. The molecule has 0 spiro atoms. The van der Waals surface area contributed by atoms with Crippen LogP contribution in [0.25, 0.3) is 0 Å². The first-order chi connectivity index (χ1) is 12.0. The zero-order valence-corrected chi connectivity index (χ0v) is 14.5. The van der Waals surface area contributed by atoms with Crippen LogP contribution < -0.4 is 25.6 Å². The molecule has 0 aromatic heterocycles. The van der Waals surface area contributed by atoms with Gasteiger partial charge in [0.2, 0.25) is 0 Å². The van der Waals surface area contributed by atoms with E-state index in [0.717, 1.165) is 0 Å². The molecule has 9 nitrogen and oxygen atoms in total. The van der Waals surface area contributed by atoms with Crippen LogP contribution in [0, 0.1) is 0 Å². The zero-order valence-electron chi connectivity index (χ0n) is 14.5. The van der Waals surface area contributed by atoms with E-state index in [9.17, 15) is 14.4 Å². The highest BCUT2D eigenvalue weighted by Crippen LogP contribution is 2.28. The van der Waals surface area contributed by atoms with E-state index in [1.807, 2.05) is 19.3 Å². The molecular weight excluding hydrogens is 330 g/mol. The van der Waals surface area contributed by atoms with Crippen LogP contribution in [0.4, 0.5) is 0 Å². The minimum Gasteiger partial charge on any atom is -0.490 e. The summed E-state index contributed by atoms with van der Waals surface area (Å²) >= 11 is 0. The van der Waals surface area contributed by atoms with Crippen LogP contribution in [-0.4, -0.2) is 51.2 Å². The van der Waals surface area contributed by atoms with Crippen LogP contribution in [0.5, 0.6) is 11.5 Å². The molecular formula is C16H23N3O6. The molecule has 0 bridgehead atoms. The molecule has 0 aliphatic heterocycles. The van der Waals surface area contributed by atoms with Crippen molar-refractivity contribution in [2.75, 3.05) is 33.5 Å². The molecule has 3 N–H and O–H groups in total. The Bertz CT molecular complexity index is 606. The molecule has 0 heterocycles. The van der Waals surface area contributed by atoms with Gasteiger partial charge in [-0.2, -0.15) is 0 Å². The first-order valence-electron chi connectivity index (χ1n) is 7.80. The van der Waals surface area contributed by atoms with Crippen molar-refractivity contribution in [1.29, 1.82) is 0 Å². The molecule has 0 aliphatic carbocycles. The smallest absolute Gasteiger partial charge is 0.327 e. The predicted molar refractivity (Wildman–Crippen MR) is 89.3 cm³/mol. The van der Waals surface area contributed by atoms with E-state index in [2.05, 4.69) is 10.7 Å². The number of benzene rings is 1. The normalized spacial score (nSPS) is 9.88. The van der Waals surface area contributed by atoms with Crippen LogP contribution in [0.2, 0.25) is 0 Å². The highest BCUT2D eigenvalue weighted by molar-refractivity contribution is 6.35. The summed E-state index contributed by atoms with van der Waals surface area (Å²) in [6.07, 6.45) is 0. The minimum atomic E-state index is -0.986. The highest BCUT2D eigenvalue weighted by atomic mass is 16.5. The van der Waals surface area contributed by atoms with Crippen LogP contribution in [0.15, 0.2) is 18.2 Å². The summed E-state index contributed by atoms with van der Waals surface area (Å²) in [6.45, 7) is 4.98. The van der Waals surface area contributed by atoms with Gasteiger partial charge in [-0.15, -0.1) is 0 Å². The Morgan fingerprint density at radius 1 is 0.960 bits per heavy atom. The van der Waals surface area contributed by atoms with Crippen LogP contribution >= 0.6 is 0 Å². The average Bonchev–Trinajstić information content (AvgIpc) is 2.61. The largest absolute Gasteiger partial charge is 0.490 e. The topological polar surface area (TPSA) is 115 Å². The Kier molecular flexibility index (Phi) is 8.80. The van der Waals surface area contributed by atoms with E-state index < -0.39 is 17.7 Å². The third kappa shape index (κ3) is 6.68. The number of ether oxygens (including phenoxy) is 3. The molecule has 25 heavy (non-hydrogen) atoms. The molecule has 0 saturated carbocycles. The van der Waals surface area contributed by atoms with Crippen LogP contribution in [0.3, 0.4) is 0 Å². The molecule has 0 fully saturated rings. The first-order valence-corrected chi connectivity index (χ1v) is 7.80. The summed E-state index contributed by atoms with van der Waals surface area (Å²) in [5.41, 5.74) is 4.44. The predicted octanol–water partition coefficient (Wildman–Crippen LogP) is 0.00760. The lowest BCUT2D eigenvalue weighted by atomic mass is 10.2. The summed E-state index contributed by atoms with van der Waals surface area (Å²) in [6, 6.07) is 4.62. The maximum absolute atomic E-state index is 12.1. The number of carbonyl (C=O) groups excluding carboxylic acids is 3. The Hall–Kier alpha value is -2.81. The lowest BCUT2D eigenvalue weighted by Gasteiger charge is -2.12. The second-order valence-corrected chi connectivity index (χ2v) is 4.68. The molecule has 9 heteroatoms. The van der Waals surface area contributed by atoms with Crippen molar-refractivity contribution in [3.63, 3.8) is 0 Å². The van der Waals surface area contributed by atoms with Gasteiger partial charge in [-0.3, -0.25) is 25.2 Å². The fourth-order valence-corrected chi connectivity index (χ4v) is 1.78. The standard InChI is InChI=1S/C16H23N3O6/c1-4-24-12-7-6-11(10-13(12)25-5-2)14(20)18-19-16(22)15(21)17-8-9-23-3/h6-7,10H,4-5,8-9H2,1-3H3,(H,17,21)(H,18,20)(H,19,22). The molecule has 0 saturated heterocycles. The molecule has 3 amide bonds. The SMILES string of the molecule is CCOc1ccc(C(=O)NNC(=O)C(=O)NCCOC)cc1OCC. The number of rotatable bonds is 8. The van der Waals surface area contributed by atoms with Crippen molar-refractivity contribution >= 4 is 17.7 Å². The van der Waals surface area contributed by atoms with Gasteiger partial charge in [0, 0.05) is 19.2 Å². The highest BCUT2D eigenvalue weighted by Gasteiger charge is 2.15. The van der Waals surface area contributed by atoms with Crippen LogP contribution in [0.1, 0.15) is 24.2 Å². The summed E-state index contributed by atoms with van der Waals surface area (Å²) in [5, 5.41) is 2.33. The van der Waals surface area contributed by atoms with Crippen molar-refractivity contribution in [3.8, 4) is 11.5 Å². The Balaban J connectivity index is 2.63. The number of methoxy groups -OCH3 is 1. The molecule has 0 atom stereocenters. The van der Waals surface area contributed by atoms with Gasteiger partial charge in [-0.25, -0.2) is 0 Å². The van der Waals surface area contributed by atoms with Gasteiger partial charge in [-0.05, 0) is 32.0 Å². The molecule has 1 aromatic carbocycles. The lowest BCUT2D eigenvalue weighted by Crippen LogP contribution is -2.49. The molecule has 1 aromatic rings. The summed E-state index contributed by atoms with van der Waals surface area (Å²) < 4.78 is 15.6. The fourth-order valence-electron chi connectivity index (χ4n) is 1.78. The van der Waals surface area contributed by atoms with Crippen molar-refractivity contribution in [1.82, 2.24) is 16.2 Å². The van der Waals surface area contributed by atoms with Gasteiger partial charge < -0.3 is 19.5 Å². The van der Waals surface area contributed by atoms with Crippen LogP contribution in [-0.2, 0) is 14.3 Å². The summed E-state index contributed by atoms with van der Waals surface area (Å²) in [5.74, 6) is -1.52. The molecule has 0 aliphatic rings. The van der Waals surface area contributed by atoms with E-state index >= 15 is 0 Å². The average molecular weight is 353 g/mol. The lowest BCUT2D eigenvalue weighted by molar-refractivity contribution is -0.139. The number of hydrazine groups is 1. The van der Waals surface area contributed by atoms with Crippen molar-refractivity contribution < 1.29 is 28.6 Å². The fraction of sp³-hybridized carbons (Fsp3) is 0.438. The third-order valence-corrected chi connectivity index (χ3v) is 2.89. The maximum Gasteiger partial charge on any atom is 0.327 e. The van der Waals surface area contributed by atoms with E-state index in [-0.39, 0.29) is 18.7 Å². The van der Waals surface area contributed by atoms with Crippen molar-refractivity contribution in [3.05, 3.63) is 23.8 Å². The van der Waals surface area contributed by atoms with E-state index in [1.165, 1.54) is 19.2 Å². The Morgan fingerprint density at radius 2 is 1.64 bits per heavy atom. The summed E-state index contributed by atoms with van der Waals surface area (Å²) in [4.78, 5) is 35.1. The number of hydrogen-bond donors (Lipinski definition) is 3. The number of nitrogens with one attached hydrogen (secondary N) is 3. The molecule has 0 unspecified atom stereocenters. The van der Waals surface area contributed by atoms with E-state index in [0.29, 0.717) is 24.7 Å². The molecule has 138 valence electrons. The number of hydrogen-bond acceptors (Lipinski definition) is 6. The zero-order chi connectivity index (χ0) is 18.7. The van der Waals surface area contributed by atoms with Gasteiger partial charge >= 0.3 is 11.8 Å². The maximum atomic E-state index is 12.1. The monoisotopic (exact) mass is 353 g/mol. The van der Waals surface area contributed by atoms with Gasteiger partial charge in [0.1, 0.15) is 0 Å². The van der Waals surface area contributed by atoms with E-state index in [1.54, 1.807) is 6.07 Å². The van der Waals surface area contributed by atoms with E-state index in [4.69, 9.17) is 14.2 Å². The number of amides is 3. The minimum absolute atomic E-state index is 0.188. The van der Waals surface area contributed by atoms with Crippen molar-refractivity contribution in [2.24, 2.45) is 0 Å². The Labute approximate surface area is 146 Å². The molecule has 0 radical (unpaired) electrons. The number of carbonyl (C=O) groups is 3. The second-order valence-electron chi connectivity index (χ2n) is 4.68. The summed E-state index contributed by atoms with van der Waals surface area (Å²) in [7, 11) is 1.47. The van der Waals surface area contributed by atoms with Gasteiger partial charge in [0.15, 0.2) is 11.5 Å². The Morgan fingerprint density at radius 3 is 2.28 bits per heavy atom.